The highest BCUT2D eigenvalue weighted by Gasteiger charge is 2.22. The van der Waals surface area contributed by atoms with Crippen molar-refractivity contribution in [2.75, 3.05) is 13.1 Å². The lowest BCUT2D eigenvalue weighted by atomic mass is 10.1. The summed E-state index contributed by atoms with van der Waals surface area (Å²) in [5, 5.41) is 5.88. The molecule has 2 N–H and O–H groups in total. The Morgan fingerprint density at radius 3 is 2.71 bits per heavy atom. The van der Waals surface area contributed by atoms with Gasteiger partial charge in [-0.2, -0.15) is 0 Å². The lowest BCUT2D eigenvalue weighted by molar-refractivity contribution is -0.120. The molecule has 1 rings (SSSR count). The minimum absolute atomic E-state index is 0.0280. The van der Waals surface area contributed by atoms with E-state index < -0.39 is 5.54 Å². The van der Waals surface area contributed by atoms with Gasteiger partial charge in [0.15, 0.2) is 0 Å². The third kappa shape index (κ3) is 4.29. The number of amides is 1. The van der Waals surface area contributed by atoms with Crippen molar-refractivity contribution in [2.24, 2.45) is 5.92 Å². The Morgan fingerprint density at radius 2 is 2.21 bits per heavy atom. The summed E-state index contributed by atoms with van der Waals surface area (Å²) in [4.78, 5) is 11.3. The molecule has 0 aliphatic heterocycles. The first kappa shape index (κ1) is 11.1. The molecular weight excluding hydrogens is 176 g/mol. The van der Waals surface area contributed by atoms with Crippen LogP contribution in [0.5, 0.6) is 0 Å². The highest BCUT2D eigenvalue weighted by atomic mass is 16.1. The number of carbonyl (C=O) groups excluding carboxylic acids is 1. The fourth-order valence-electron chi connectivity index (χ4n) is 0.995. The van der Waals surface area contributed by atoms with Crippen LogP contribution in [0.2, 0.25) is 0 Å². The minimum atomic E-state index is -0.406. The number of hydrogen-bond donors (Lipinski definition) is 2. The molecule has 0 aromatic rings. The van der Waals surface area contributed by atoms with Gasteiger partial charge in [-0.1, -0.05) is 5.92 Å². The topological polar surface area (TPSA) is 41.1 Å². The van der Waals surface area contributed by atoms with Gasteiger partial charge in [0.25, 0.3) is 0 Å². The third-order valence-corrected chi connectivity index (χ3v) is 2.34. The van der Waals surface area contributed by atoms with Crippen molar-refractivity contribution in [1.82, 2.24) is 10.6 Å². The van der Waals surface area contributed by atoms with Gasteiger partial charge in [-0.15, -0.1) is 6.42 Å². The molecule has 0 heterocycles. The first-order valence-corrected chi connectivity index (χ1v) is 5.03. The van der Waals surface area contributed by atoms with Crippen LogP contribution in [-0.4, -0.2) is 24.5 Å². The van der Waals surface area contributed by atoms with Gasteiger partial charge in [0, 0.05) is 6.54 Å². The van der Waals surface area contributed by atoms with Crippen LogP contribution in [0.1, 0.15) is 26.7 Å². The monoisotopic (exact) mass is 194 g/mol. The van der Waals surface area contributed by atoms with E-state index in [9.17, 15) is 4.79 Å². The van der Waals surface area contributed by atoms with E-state index in [1.807, 2.05) is 13.8 Å². The summed E-state index contributed by atoms with van der Waals surface area (Å²) in [6.45, 7) is 4.86. The largest absolute Gasteiger partial charge is 0.355 e. The molecule has 0 spiro atoms. The lowest BCUT2D eigenvalue weighted by Gasteiger charge is -2.18. The molecule has 0 atom stereocenters. The van der Waals surface area contributed by atoms with Crippen LogP contribution in [0.3, 0.4) is 0 Å². The van der Waals surface area contributed by atoms with Crippen molar-refractivity contribution in [3.8, 4) is 12.3 Å². The summed E-state index contributed by atoms with van der Waals surface area (Å²) in [5.74, 6) is 3.33. The summed E-state index contributed by atoms with van der Waals surface area (Å²) >= 11 is 0. The average Bonchev–Trinajstić information content (AvgIpc) is 2.95. The molecule has 1 saturated carbocycles. The van der Waals surface area contributed by atoms with E-state index in [0.717, 1.165) is 12.5 Å². The standard InChI is InChI=1S/C11H18N2O/c1-4-11(2,3)13-8-10(14)12-7-9-5-6-9/h1,9,13H,5-8H2,2-3H3,(H,12,14). The van der Waals surface area contributed by atoms with E-state index in [1.165, 1.54) is 12.8 Å². The van der Waals surface area contributed by atoms with Crippen molar-refractivity contribution in [1.29, 1.82) is 0 Å². The normalized spacial score (nSPS) is 16.1. The van der Waals surface area contributed by atoms with Crippen molar-refractivity contribution in [3.63, 3.8) is 0 Å². The number of rotatable bonds is 5. The third-order valence-electron chi connectivity index (χ3n) is 2.34. The first-order chi connectivity index (χ1) is 6.53. The highest BCUT2D eigenvalue weighted by Crippen LogP contribution is 2.27. The Morgan fingerprint density at radius 1 is 1.57 bits per heavy atom. The first-order valence-electron chi connectivity index (χ1n) is 5.03. The summed E-state index contributed by atoms with van der Waals surface area (Å²) < 4.78 is 0. The minimum Gasteiger partial charge on any atom is -0.355 e. The number of nitrogens with one attached hydrogen (secondary N) is 2. The number of terminal acetylenes is 1. The fourth-order valence-corrected chi connectivity index (χ4v) is 0.995. The van der Waals surface area contributed by atoms with Gasteiger partial charge in [0.1, 0.15) is 0 Å². The van der Waals surface area contributed by atoms with Gasteiger partial charge in [-0.25, -0.2) is 0 Å². The van der Waals surface area contributed by atoms with Gasteiger partial charge in [0.2, 0.25) is 5.91 Å². The van der Waals surface area contributed by atoms with E-state index in [-0.39, 0.29) is 5.91 Å². The van der Waals surface area contributed by atoms with Crippen LogP contribution in [0.4, 0.5) is 0 Å². The second-order valence-corrected chi connectivity index (χ2v) is 4.37. The molecule has 1 amide bonds. The molecule has 3 heteroatoms. The van der Waals surface area contributed by atoms with Crippen molar-refractivity contribution >= 4 is 5.91 Å². The highest BCUT2D eigenvalue weighted by molar-refractivity contribution is 5.78. The molecule has 1 aliphatic rings. The molecular formula is C11H18N2O. The number of hydrogen-bond acceptors (Lipinski definition) is 2. The smallest absolute Gasteiger partial charge is 0.234 e. The zero-order valence-corrected chi connectivity index (χ0v) is 8.89. The van der Waals surface area contributed by atoms with Crippen LogP contribution >= 0.6 is 0 Å². The molecule has 0 aromatic carbocycles. The quantitative estimate of drug-likeness (QED) is 0.626. The summed E-state index contributed by atoms with van der Waals surface area (Å²) in [6.07, 6.45) is 7.79. The molecule has 1 fully saturated rings. The van der Waals surface area contributed by atoms with Crippen LogP contribution in [-0.2, 0) is 4.79 Å². The van der Waals surface area contributed by atoms with Gasteiger partial charge in [-0.05, 0) is 32.6 Å². The lowest BCUT2D eigenvalue weighted by Crippen LogP contribution is -2.44. The summed E-state index contributed by atoms with van der Waals surface area (Å²) in [5.41, 5.74) is -0.406. The fraction of sp³-hybridized carbons (Fsp3) is 0.727. The zero-order chi connectivity index (χ0) is 10.6. The molecule has 3 nitrogen and oxygen atoms in total. The maximum atomic E-state index is 11.3. The van der Waals surface area contributed by atoms with E-state index in [2.05, 4.69) is 16.6 Å². The summed E-state index contributed by atoms with van der Waals surface area (Å²) in [7, 11) is 0. The average molecular weight is 194 g/mol. The maximum absolute atomic E-state index is 11.3. The molecule has 0 unspecified atom stereocenters. The van der Waals surface area contributed by atoms with Gasteiger partial charge in [-0.3, -0.25) is 10.1 Å². The summed E-state index contributed by atoms with van der Waals surface area (Å²) in [6, 6.07) is 0. The molecule has 1 aliphatic carbocycles. The second kappa shape index (κ2) is 4.47. The van der Waals surface area contributed by atoms with Crippen molar-refractivity contribution < 1.29 is 4.79 Å². The Labute approximate surface area is 85.6 Å². The predicted molar refractivity (Wildman–Crippen MR) is 56.6 cm³/mol. The van der Waals surface area contributed by atoms with Gasteiger partial charge in [0.05, 0.1) is 12.1 Å². The molecule has 0 saturated heterocycles. The Kier molecular flexibility index (Phi) is 3.54. The van der Waals surface area contributed by atoms with Crippen LogP contribution in [0.25, 0.3) is 0 Å². The number of carbonyl (C=O) groups is 1. The zero-order valence-electron chi connectivity index (χ0n) is 8.89. The maximum Gasteiger partial charge on any atom is 0.234 e. The SMILES string of the molecule is C#CC(C)(C)NCC(=O)NCC1CC1. The van der Waals surface area contributed by atoms with Crippen LogP contribution < -0.4 is 10.6 Å². The van der Waals surface area contributed by atoms with Crippen molar-refractivity contribution in [2.45, 2.75) is 32.2 Å². The van der Waals surface area contributed by atoms with Crippen LogP contribution in [0, 0.1) is 18.3 Å². The van der Waals surface area contributed by atoms with E-state index in [1.54, 1.807) is 0 Å². The van der Waals surface area contributed by atoms with Crippen molar-refractivity contribution in [3.05, 3.63) is 0 Å². The molecule has 0 radical (unpaired) electrons. The van der Waals surface area contributed by atoms with Crippen LogP contribution in [0.15, 0.2) is 0 Å². The Balaban J connectivity index is 2.10. The predicted octanol–water partition coefficient (Wildman–Crippen LogP) is 0.514. The Bertz CT molecular complexity index is 249. The molecule has 0 aromatic heterocycles. The second-order valence-electron chi connectivity index (χ2n) is 4.37. The molecule has 78 valence electrons. The van der Waals surface area contributed by atoms with Gasteiger partial charge >= 0.3 is 0 Å². The van der Waals surface area contributed by atoms with Gasteiger partial charge < -0.3 is 5.32 Å². The van der Waals surface area contributed by atoms with E-state index in [4.69, 9.17) is 6.42 Å². The van der Waals surface area contributed by atoms with E-state index >= 15 is 0 Å². The Hall–Kier alpha value is -1.01. The molecule has 14 heavy (non-hydrogen) atoms. The molecule has 0 bridgehead atoms. The van der Waals surface area contributed by atoms with E-state index in [0.29, 0.717) is 6.54 Å².